The zero-order chi connectivity index (χ0) is 35.8. The Balaban J connectivity index is 1.23. The van der Waals surface area contributed by atoms with E-state index < -0.39 is 5.60 Å². The maximum absolute atomic E-state index is 14.1. The Morgan fingerprint density at radius 3 is 2.37 bits per heavy atom. The number of piperidine rings is 1. The SMILES string of the molecule is COCCN1CCC(C(=O)N2CCC3(CC2)Oc2ccc(cc2)OCCNC(=O)c2ccc(OC)c(c2)Oc2ccc(c(OC)c2)CNC3=O)C1. The van der Waals surface area contributed by atoms with Crippen LogP contribution in [0.2, 0.25) is 0 Å². The molecule has 6 heterocycles. The minimum atomic E-state index is -1.21. The average molecular weight is 703 g/mol. The molecule has 0 aliphatic carbocycles. The summed E-state index contributed by atoms with van der Waals surface area (Å²) in [5.74, 6) is 2.36. The number of hydrogen-bond donors (Lipinski definition) is 2. The maximum atomic E-state index is 14.1. The Labute approximate surface area is 298 Å². The van der Waals surface area contributed by atoms with Crippen molar-refractivity contribution in [3.63, 3.8) is 0 Å². The molecule has 1 atom stereocenters. The minimum absolute atomic E-state index is 0.0663. The topological polar surface area (TPSA) is 137 Å². The van der Waals surface area contributed by atoms with Gasteiger partial charge in [0, 0.05) is 69.9 Å². The summed E-state index contributed by atoms with van der Waals surface area (Å²) < 4.78 is 34.9. The van der Waals surface area contributed by atoms with Gasteiger partial charge >= 0.3 is 0 Å². The largest absolute Gasteiger partial charge is 0.496 e. The van der Waals surface area contributed by atoms with Crippen molar-refractivity contribution >= 4 is 17.7 Å². The second kappa shape index (κ2) is 16.3. The molecule has 13 heteroatoms. The summed E-state index contributed by atoms with van der Waals surface area (Å²) in [5.41, 5.74) is -0.0877. The molecule has 1 spiro atoms. The van der Waals surface area contributed by atoms with E-state index in [1.165, 1.54) is 7.11 Å². The van der Waals surface area contributed by atoms with E-state index in [0.717, 1.165) is 25.1 Å². The number of rotatable bonds is 6. The Bertz CT molecular complexity index is 1690. The lowest BCUT2D eigenvalue weighted by Crippen LogP contribution is -2.58. The van der Waals surface area contributed by atoms with Gasteiger partial charge in [0.1, 0.15) is 29.6 Å². The monoisotopic (exact) mass is 702 g/mol. The number of nitrogens with one attached hydrogen (secondary N) is 2. The molecule has 6 aliphatic rings. The highest BCUT2D eigenvalue weighted by molar-refractivity contribution is 5.95. The van der Waals surface area contributed by atoms with Gasteiger partial charge in [0.2, 0.25) is 5.91 Å². The van der Waals surface area contributed by atoms with Crippen LogP contribution < -0.4 is 34.3 Å². The van der Waals surface area contributed by atoms with Crippen LogP contribution in [0.15, 0.2) is 60.7 Å². The summed E-state index contributed by atoms with van der Waals surface area (Å²) in [4.78, 5) is 44.8. The van der Waals surface area contributed by atoms with Gasteiger partial charge in [-0.3, -0.25) is 14.4 Å². The van der Waals surface area contributed by atoms with Gasteiger partial charge in [-0.25, -0.2) is 0 Å². The molecule has 3 aromatic carbocycles. The van der Waals surface area contributed by atoms with Crippen molar-refractivity contribution in [3.8, 4) is 34.5 Å². The molecule has 272 valence electrons. The van der Waals surface area contributed by atoms with Crippen LogP contribution in [-0.2, 0) is 20.9 Å². The lowest BCUT2D eigenvalue weighted by atomic mass is 9.89. The number of methoxy groups -OCH3 is 3. The van der Waals surface area contributed by atoms with Crippen LogP contribution in [0.3, 0.4) is 0 Å². The van der Waals surface area contributed by atoms with Gasteiger partial charge in [-0.1, -0.05) is 0 Å². The van der Waals surface area contributed by atoms with Crippen LogP contribution >= 0.6 is 0 Å². The third-order valence-electron chi connectivity index (χ3n) is 9.67. The normalized spacial score (nSPS) is 19.5. The summed E-state index contributed by atoms with van der Waals surface area (Å²) in [6.45, 7) is 4.49. The number of hydrogen-bond acceptors (Lipinski definition) is 10. The summed E-state index contributed by atoms with van der Waals surface area (Å²) in [6, 6.07) is 17.3. The number of carbonyl (C=O) groups is 3. The minimum Gasteiger partial charge on any atom is -0.496 e. The molecule has 2 N–H and O–H groups in total. The third-order valence-corrected chi connectivity index (χ3v) is 9.67. The Morgan fingerprint density at radius 2 is 1.63 bits per heavy atom. The molecular formula is C38H46N4O9. The maximum Gasteiger partial charge on any atom is 0.264 e. The molecule has 2 fully saturated rings. The van der Waals surface area contributed by atoms with Crippen molar-refractivity contribution in [1.29, 1.82) is 0 Å². The number of nitrogens with zero attached hydrogens (tertiary/aromatic N) is 2. The highest BCUT2D eigenvalue weighted by Crippen LogP contribution is 2.36. The van der Waals surface area contributed by atoms with Crippen LogP contribution in [0.4, 0.5) is 0 Å². The Morgan fingerprint density at radius 1 is 0.882 bits per heavy atom. The fraction of sp³-hybridized carbons (Fsp3) is 0.447. The first-order valence-corrected chi connectivity index (χ1v) is 17.3. The molecule has 2 saturated heterocycles. The van der Waals surface area contributed by atoms with Crippen LogP contribution in [-0.4, -0.2) is 107 Å². The van der Waals surface area contributed by atoms with Gasteiger partial charge < -0.3 is 48.9 Å². The first kappa shape index (κ1) is 35.8. The van der Waals surface area contributed by atoms with Gasteiger partial charge in [0.25, 0.3) is 11.8 Å². The Kier molecular flexibility index (Phi) is 11.5. The molecule has 6 aliphatic heterocycles. The molecule has 0 aromatic heterocycles. The first-order chi connectivity index (χ1) is 24.8. The summed E-state index contributed by atoms with van der Waals surface area (Å²) >= 11 is 0. The first-order valence-electron chi connectivity index (χ1n) is 17.3. The standard InChI is InChI=1S/C38H46N4O9/c1-46-21-19-41-16-12-28(25-41)36(44)42-17-13-38(14-18-42)37(45)40-24-27-4-6-31(23-33(27)48-3)50-34-22-26(5-11-32(34)47-2)35(43)39-15-20-49-29-7-9-30(51-38)10-8-29/h4-11,22-23,28H,12-21,24-25H2,1-3H3,(H,39,43)(H,40,45). The van der Waals surface area contributed by atoms with Crippen molar-refractivity contribution in [3.05, 3.63) is 71.8 Å². The molecular weight excluding hydrogens is 656 g/mol. The number of carbonyl (C=O) groups excluding carboxylic acids is 3. The highest BCUT2D eigenvalue weighted by atomic mass is 16.5. The van der Waals surface area contributed by atoms with Gasteiger partial charge in [-0.15, -0.1) is 0 Å². The van der Waals surface area contributed by atoms with Crippen molar-refractivity contribution in [2.75, 3.05) is 73.8 Å². The number of amides is 3. The second-order valence-electron chi connectivity index (χ2n) is 12.9. The van der Waals surface area contributed by atoms with E-state index >= 15 is 0 Å². The van der Waals surface area contributed by atoms with Crippen molar-refractivity contribution in [2.45, 2.75) is 31.4 Å². The molecule has 3 amide bonds. The molecule has 0 saturated carbocycles. The molecule has 3 aromatic rings. The van der Waals surface area contributed by atoms with E-state index in [2.05, 4.69) is 15.5 Å². The van der Waals surface area contributed by atoms with Crippen molar-refractivity contribution < 1.29 is 42.8 Å². The fourth-order valence-corrected chi connectivity index (χ4v) is 6.74. The second-order valence-corrected chi connectivity index (χ2v) is 12.9. The fourth-order valence-electron chi connectivity index (χ4n) is 6.74. The number of ether oxygens (including phenoxy) is 6. The quantitative estimate of drug-likeness (QED) is 0.392. The zero-order valence-electron chi connectivity index (χ0n) is 29.4. The van der Waals surface area contributed by atoms with Crippen LogP contribution in [0.5, 0.6) is 34.5 Å². The predicted octanol–water partition coefficient (Wildman–Crippen LogP) is 3.64. The van der Waals surface area contributed by atoms with Gasteiger partial charge in [0.15, 0.2) is 17.1 Å². The molecule has 13 nitrogen and oxygen atoms in total. The van der Waals surface area contributed by atoms with Crippen LogP contribution in [0.25, 0.3) is 0 Å². The smallest absolute Gasteiger partial charge is 0.264 e. The Hall–Kier alpha value is -5.01. The molecule has 0 radical (unpaired) electrons. The summed E-state index contributed by atoms with van der Waals surface area (Å²) in [5, 5.41) is 5.95. The van der Waals surface area contributed by atoms with E-state index in [1.807, 2.05) is 11.0 Å². The van der Waals surface area contributed by atoms with Crippen molar-refractivity contribution in [1.82, 2.24) is 20.4 Å². The third kappa shape index (κ3) is 8.49. The molecule has 9 rings (SSSR count). The van der Waals surface area contributed by atoms with E-state index in [1.54, 1.807) is 68.8 Å². The van der Waals surface area contributed by atoms with E-state index in [0.29, 0.717) is 79.1 Å². The van der Waals surface area contributed by atoms with Gasteiger partial charge in [0.05, 0.1) is 33.3 Å². The summed E-state index contributed by atoms with van der Waals surface area (Å²) in [6.07, 6.45) is 1.47. The summed E-state index contributed by atoms with van der Waals surface area (Å²) in [7, 11) is 4.76. The van der Waals surface area contributed by atoms with Crippen molar-refractivity contribution in [2.24, 2.45) is 5.92 Å². The highest BCUT2D eigenvalue weighted by Gasteiger charge is 2.46. The predicted molar refractivity (Wildman–Crippen MR) is 188 cm³/mol. The van der Waals surface area contributed by atoms with E-state index in [4.69, 9.17) is 28.4 Å². The van der Waals surface area contributed by atoms with Crippen LogP contribution in [0, 0.1) is 5.92 Å². The number of likely N-dealkylation sites (tertiary alicyclic amines) is 2. The number of benzene rings is 3. The lowest BCUT2D eigenvalue weighted by molar-refractivity contribution is -0.148. The van der Waals surface area contributed by atoms with Gasteiger partial charge in [-0.05, 0) is 67.6 Å². The molecule has 6 bridgehead atoms. The van der Waals surface area contributed by atoms with E-state index in [-0.39, 0.29) is 43.3 Å². The zero-order valence-corrected chi connectivity index (χ0v) is 29.4. The molecule has 51 heavy (non-hydrogen) atoms. The van der Waals surface area contributed by atoms with Gasteiger partial charge in [-0.2, -0.15) is 0 Å². The average Bonchev–Trinajstić information content (AvgIpc) is 3.64. The van der Waals surface area contributed by atoms with E-state index in [9.17, 15) is 14.4 Å². The molecule has 1 unspecified atom stereocenters. The van der Waals surface area contributed by atoms with Crippen LogP contribution in [0.1, 0.15) is 35.2 Å². The lowest BCUT2D eigenvalue weighted by Gasteiger charge is -2.41.